The molecule has 1 atom stereocenters. The molecule has 0 bridgehead atoms. The Bertz CT molecular complexity index is 1200. The molecule has 0 spiro atoms. The molecule has 0 saturated carbocycles. The molecule has 2 amide bonds. The summed E-state index contributed by atoms with van der Waals surface area (Å²) in [7, 11) is -1.65. The highest BCUT2D eigenvalue weighted by Gasteiger charge is 2.44. The van der Waals surface area contributed by atoms with Crippen molar-refractivity contribution in [2.45, 2.75) is 38.8 Å². The number of allylic oxidation sites excluding steroid dienone is 1. The predicted octanol–water partition coefficient (Wildman–Crippen LogP) is 0.584. The Morgan fingerprint density at radius 3 is 2.65 bits per heavy atom. The van der Waals surface area contributed by atoms with Crippen molar-refractivity contribution >= 4 is 21.8 Å². The van der Waals surface area contributed by atoms with Gasteiger partial charge in [0.15, 0.2) is 0 Å². The minimum absolute atomic E-state index is 0.0239. The first-order valence-corrected chi connectivity index (χ1v) is 13.5. The van der Waals surface area contributed by atoms with Crippen LogP contribution in [0, 0.1) is 0 Å². The Kier molecular flexibility index (Phi) is 5.68. The zero-order valence-corrected chi connectivity index (χ0v) is 20.6. The van der Waals surface area contributed by atoms with Crippen molar-refractivity contribution in [2.75, 3.05) is 39.0 Å². The lowest BCUT2D eigenvalue weighted by Crippen LogP contribution is -2.50. The molecule has 4 aliphatic heterocycles. The molecule has 0 aromatic carbocycles. The van der Waals surface area contributed by atoms with Gasteiger partial charge in [-0.3, -0.25) is 19.2 Å². The van der Waals surface area contributed by atoms with E-state index in [0.717, 1.165) is 35.3 Å². The smallest absolute Gasteiger partial charge is 0.258 e. The van der Waals surface area contributed by atoms with Crippen LogP contribution in [0.1, 0.15) is 26.7 Å². The Morgan fingerprint density at radius 1 is 1.24 bits per heavy atom. The summed E-state index contributed by atoms with van der Waals surface area (Å²) in [6.45, 7) is 5.88. The molecule has 4 heterocycles. The number of amides is 2. The molecule has 0 radical (unpaired) electrons. The van der Waals surface area contributed by atoms with E-state index >= 15 is 0 Å². The summed E-state index contributed by atoms with van der Waals surface area (Å²) in [5.41, 5.74) is 4.96. The Hall–Kier alpha value is -2.85. The molecule has 182 valence electrons. The average molecular weight is 486 g/mol. The Labute approximate surface area is 200 Å². The number of likely N-dealkylation sites (tertiary alicyclic amines) is 1. The van der Waals surface area contributed by atoms with Gasteiger partial charge in [0.05, 0.1) is 23.9 Å². The summed E-state index contributed by atoms with van der Waals surface area (Å²) in [6.07, 6.45) is 9.36. The van der Waals surface area contributed by atoms with Crippen molar-refractivity contribution in [3.8, 4) is 0 Å². The van der Waals surface area contributed by atoms with E-state index in [4.69, 9.17) is 0 Å². The van der Waals surface area contributed by atoms with Gasteiger partial charge in [-0.2, -0.15) is 0 Å². The zero-order chi connectivity index (χ0) is 24.2. The van der Waals surface area contributed by atoms with Gasteiger partial charge in [-0.15, -0.1) is 0 Å². The van der Waals surface area contributed by atoms with Crippen molar-refractivity contribution < 1.29 is 18.0 Å². The van der Waals surface area contributed by atoms with Crippen LogP contribution in [0.4, 0.5) is 0 Å². The molecule has 5 rings (SSSR count). The van der Waals surface area contributed by atoms with Crippen LogP contribution in [0.25, 0.3) is 0 Å². The normalized spacial score (nSPS) is 25.5. The SMILES string of the molecule is CCS(=O)(=O)NC1=CC2=C3C(=O)N(C)C4=C3C(=CNC4)CN(C3CCN(C(C)=O)CC3)C2C=C1. The lowest BCUT2D eigenvalue weighted by atomic mass is 9.89. The first-order valence-electron chi connectivity index (χ1n) is 11.8. The van der Waals surface area contributed by atoms with Crippen LogP contribution in [0.15, 0.2) is 58.1 Å². The standard InChI is InChI=1S/C24H31N5O4S/c1-4-34(32,33)26-17-5-6-20-19(11-17)23-22-16(12-25-13-21(22)27(3)24(23)31)14-29(20)18-7-9-28(10-8-18)15(2)30/h5-6,11-12,18,20,25-26H,4,7-10,13-14H2,1-3H3. The van der Waals surface area contributed by atoms with Crippen LogP contribution >= 0.6 is 0 Å². The van der Waals surface area contributed by atoms with E-state index in [0.29, 0.717) is 37.4 Å². The van der Waals surface area contributed by atoms with Crippen molar-refractivity contribution in [1.82, 2.24) is 24.7 Å². The molecule has 5 aliphatic rings. The average Bonchev–Trinajstić information content (AvgIpc) is 2.98. The van der Waals surface area contributed by atoms with Gasteiger partial charge in [-0.05, 0) is 43.1 Å². The monoisotopic (exact) mass is 485 g/mol. The van der Waals surface area contributed by atoms with E-state index in [1.807, 2.05) is 23.3 Å². The van der Waals surface area contributed by atoms with Crippen LogP contribution in [0.5, 0.6) is 0 Å². The summed E-state index contributed by atoms with van der Waals surface area (Å²) >= 11 is 0. The van der Waals surface area contributed by atoms with Crippen LogP contribution in [-0.4, -0.2) is 86.0 Å². The van der Waals surface area contributed by atoms with Gasteiger partial charge in [0.1, 0.15) is 0 Å². The topological polar surface area (TPSA) is 102 Å². The molecule has 1 unspecified atom stereocenters. The number of carbonyl (C=O) groups is 2. The third kappa shape index (κ3) is 3.78. The lowest BCUT2D eigenvalue weighted by molar-refractivity contribution is -0.130. The Balaban J connectivity index is 1.59. The molecule has 1 saturated heterocycles. The van der Waals surface area contributed by atoms with Gasteiger partial charge < -0.3 is 15.1 Å². The Morgan fingerprint density at radius 2 is 1.97 bits per heavy atom. The minimum atomic E-state index is -3.45. The van der Waals surface area contributed by atoms with Crippen LogP contribution in [0.2, 0.25) is 0 Å². The van der Waals surface area contributed by atoms with Gasteiger partial charge in [0, 0.05) is 62.8 Å². The molecule has 34 heavy (non-hydrogen) atoms. The van der Waals surface area contributed by atoms with E-state index in [9.17, 15) is 18.0 Å². The number of nitrogens with one attached hydrogen (secondary N) is 2. The van der Waals surface area contributed by atoms with Gasteiger partial charge in [0.2, 0.25) is 15.9 Å². The van der Waals surface area contributed by atoms with Crippen LogP contribution in [-0.2, 0) is 19.6 Å². The number of nitrogens with zero attached hydrogens (tertiary/aromatic N) is 3. The lowest BCUT2D eigenvalue weighted by Gasteiger charge is -2.42. The van der Waals surface area contributed by atoms with Crippen molar-refractivity contribution in [3.63, 3.8) is 0 Å². The second-order valence-corrected chi connectivity index (χ2v) is 11.4. The number of piperidine rings is 1. The summed E-state index contributed by atoms with van der Waals surface area (Å²) in [5.74, 6) is 0.0175. The summed E-state index contributed by atoms with van der Waals surface area (Å²) < 4.78 is 27.1. The first kappa shape index (κ1) is 22.9. The molecular formula is C24H31N5O4S. The number of hydrogen-bond acceptors (Lipinski definition) is 6. The van der Waals surface area contributed by atoms with Crippen molar-refractivity contribution in [3.05, 3.63) is 58.1 Å². The van der Waals surface area contributed by atoms with Gasteiger partial charge >= 0.3 is 0 Å². The van der Waals surface area contributed by atoms with Gasteiger partial charge in [-0.25, -0.2) is 8.42 Å². The zero-order valence-electron chi connectivity index (χ0n) is 19.8. The number of hydrogen-bond donors (Lipinski definition) is 2. The maximum atomic E-state index is 13.5. The van der Waals surface area contributed by atoms with E-state index in [2.05, 4.69) is 14.9 Å². The molecule has 0 aromatic rings. The maximum absolute atomic E-state index is 13.5. The predicted molar refractivity (Wildman–Crippen MR) is 128 cm³/mol. The van der Waals surface area contributed by atoms with Gasteiger partial charge in [0.25, 0.3) is 5.91 Å². The second-order valence-electron chi connectivity index (χ2n) is 9.39. The van der Waals surface area contributed by atoms with E-state index in [1.54, 1.807) is 31.9 Å². The number of likely N-dealkylation sites (N-methyl/N-ethyl adjacent to an activating group) is 1. The fraction of sp³-hybridized carbons (Fsp3) is 0.500. The third-order valence-electron chi connectivity index (χ3n) is 7.45. The number of sulfonamides is 1. The molecular weight excluding hydrogens is 454 g/mol. The molecule has 1 aliphatic carbocycles. The molecule has 0 aromatic heterocycles. The van der Waals surface area contributed by atoms with Crippen molar-refractivity contribution in [1.29, 1.82) is 0 Å². The number of carbonyl (C=O) groups excluding carboxylic acids is 2. The third-order valence-corrected chi connectivity index (χ3v) is 8.75. The van der Waals surface area contributed by atoms with E-state index in [-0.39, 0.29) is 29.7 Å². The van der Waals surface area contributed by atoms with Crippen LogP contribution < -0.4 is 10.0 Å². The fourth-order valence-electron chi connectivity index (χ4n) is 5.59. The maximum Gasteiger partial charge on any atom is 0.258 e. The summed E-state index contributed by atoms with van der Waals surface area (Å²) in [4.78, 5) is 31.3. The number of rotatable bonds is 4. The second kappa shape index (κ2) is 8.42. The fourth-order valence-corrected chi connectivity index (χ4v) is 6.22. The van der Waals surface area contributed by atoms with E-state index in [1.165, 1.54) is 0 Å². The highest BCUT2D eigenvalue weighted by Crippen LogP contribution is 2.43. The molecule has 9 nitrogen and oxygen atoms in total. The minimum Gasteiger partial charge on any atom is -0.385 e. The highest BCUT2D eigenvalue weighted by atomic mass is 32.2. The molecule has 10 heteroatoms. The van der Waals surface area contributed by atoms with E-state index < -0.39 is 10.0 Å². The first-order chi connectivity index (χ1) is 16.2. The quantitative estimate of drug-likeness (QED) is 0.604. The van der Waals surface area contributed by atoms with Crippen molar-refractivity contribution in [2.24, 2.45) is 0 Å². The summed E-state index contributed by atoms with van der Waals surface area (Å²) in [5, 5.41) is 3.32. The summed E-state index contributed by atoms with van der Waals surface area (Å²) in [6, 6.07) is 0.0797. The number of fused-ring (bicyclic) bond motifs is 1. The molecule has 2 N–H and O–H groups in total. The largest absolute Gasteiger partial charge is 0.385 e. The number of dihydropyridines is 1. The molecule has 1 fully saturated rings. The van der Waals surface area contributed by atoms with Crippen LogP contribution in [0.3, 0.4) is 0 Å². The highest BCUT2D eigenvalue weighted by molar-refractivity contribution is 7.89. The van der Waals surface area contributed by atoms with Gasteiger partial charge in [-0.1, -0.05) is 6.08 Å².